The second-order valence-corrected chi connectivity index (χ2v) is 6.78. The number of nitrogens with zero attached hydrogens (tertiary/aromatic N) is 1. The van der Waals surface area contributed by atoms with Crippen molar-refractivity contribution >= 4 is 30.1 Å². The maximum Gasteiger partial charge on any atom is 0.262 e. The molecule has 2 atom stereocenters. The normalized spacial score (nSPS) is 30.3. The molecule has 1 amide bonds. The summed E-state index contributed by atoms with van der Waals surface area (Å²) in [5.74, 6) is -1.48. The first kappa shape index (κ1) is 17.0. The van der Waals surface area contributed by atoms with Gasteiger partial charge in [-0.3, -0.25) is 10.1 Å². The smallest absolute Gasteiger partial charge is 0.262 e. The molecular formula is C12H21ClF2N2OS. The van der Waals surface area contributed by atoms with Crippen LogP contribution in [0, 0.1) is 5.92 Å². The lowest BCUT2D eigenvalue weighted by Crippen LogP contribution is -2.49. The van der Waals surface area contributed by atoms with Crippen LogP contribution in [0.25, 0.3) is 0 Å². The highest BCUT2D eigenvalue weighted by molar-refractivity contribution is 8.00. The highest BCUT2D eigenvalue weighted by Gasteiger charge is 2.44. The third-order valence-electron chi connectivity index (χ3n) is 3.56. The van der Waals surface area contributed by atoms with E-state index in [2.05, 4.69) is 19.2 Å². The number of hydrogen-bond acceptors (Lipinski definition) is 3. The zero-order chi connectivity index (χ0) is 13.3. The first-order chi connectivity index (χ1) is 8.39. The molecule has 1 N–H and O–H groups in total. The van der Waals surface area contributed by atoms with Gasteiger partial charge in [-0.25, -0.2) is 8.78 Å². The molecule has 2 aliphatic heterocycles. The van der Waals surface area contributed by atoms with E-state index in [0.29, 0.717) is 24.3 Å². The number of carbonyl (C=O) groups is 1. The summed E-state index contributed by atoms with van der Waals surface area (Å²) in [5, 5.41) is 3.06. The quantitative estimate of drug-likeness (QED) is 0.846. The van der Waals surface area contributed by atoms with Crippen LogP contribution in [-0.2, 0) is 4.79 Å². The first-order valence-corrected chi connectivity index (χ1v) is 7.45. The number of hydrogen-bond donors (Lipinski definition) is 1. The predicted molar refractivity (Wildman–Crippen MR) is 76.3 cm³/mol. The van der Waals surface area contributed by atoms with Gasteiger partial charge in [0.15, 0.2) is 0 Å². The van der Waals surface area contributed by atoms with Crippen molar-refractivity contribution in [1.82, 2.24) is 10.2 Å². The molecule has 0 aromatic rings. The van der Waals surface area contributed by atoms with E-state index in [1.54, 1.807) is 4.90 Å². The molecule has 2 unspecified atom stereocenters. The summed E-state index contributed by atoms with van der Waals surface area (Å²) in [4.78, 5) is 13.9. The van der Waals surface area contributed by atoms with E-state index in [0.717, 1.165) is 5.75 Å². The van der Waals surface area contributed by atoms with E-state index in [1.165, 1.54) is 0 Å². The van der Waals surface area contributed by atoms with Crippen molar-refractivity contribution < 1.29 is 13.6 Å². The van der Waals surface area contributed by atoms with Gasteiger partial charge < -0.3 is 4.90 Å². The Morgan fingerprint density at radius 2 is 2.16 bits per heavy atom. The molecule has 0 aliphatic carbocycles. The number of nitrogens with one attached hydrogen (secondary N) is 1. The number of rotatable bonds is 2. The van der Waals surface area contributed by atoms with Crippen molar-refractivity contribution in [3.8, 4) is 0 Å². The van der Waals surface area contributed by atoms with Crippen LogP contribution in [0.5, 0.6) is 0 Å². The summed E-state index contributed by atoms with van der Waals surface area (Å²) in [6.07, 6.45) is -0.359. The van der Waals surface area contributed by atoms with Crippen molar-refractivity contribution in [3.05, 3.63) is 0 Å². The van der Waals surface area contributed by atoms with E-state index in [1.807, 2.05) is 11.8 Å². The van der Waals surface area contributed by atoms with Gasteiger partial charge in [-0.15, -0.1) is 12.4 Å². The standard InChI is InChI=1S/C12H20F2N2OS.ClH/c1-8(2)10-6-16(3-4-18-10)11(17)9-5-12(13,14)7-15-9;/h8-10,15H,3-7H2,1-2H3;1H. The minimum absolute atomic E-state index is 0. The fourth-order valence-electron chi connectivity index (χ4n) is 2.39. The van der Waals surface area contributed by atoms with Gasteiger partial charge in [0, 0.05) is 30.5 Å². The summed E-state index contributed by atoms with van der Waals surface area (Å²) in [6, 6.07) is -0.698. The first-order valence-electron chi connectivity index (χ1n) is 6.41. The van der Waals surface area contributed by atoms with Gasteiger partial charge in [-0.1, -0.05) is 13.8 Å². The molecule has 2 fully saturated rings. The van der Waals surface area contributed by atoms with Crippen LogP contribution in [0.4, 0.5) is 8.78 Å². The van der Waals surface area contributed by atoms with E-state index in [-0.39, 0.29) is 31.3 Å². The molecule has 0 aromatic carbocycles. The minimum atomic E-state index is -2.73. The topological polar surface area (TPSA) is 32.3 Å². The number of alkyl halides is 2. The van der Waals surface area contributed by atoms with Crippen molar-refractivity contribution in [1.29, 1.82) is 0 Å². The number of amides is 1. The molecule has 2 heterocycles. The van der Waals surface area contributed by atoms with Crippen LogP contribution < -0.4 is 5.32 Å². The van der Waals surface area contributed by atoms with Crippen LogP contribution in [0.2, 0.25) is 0 Å². The second-order valence-electron chi connectivity index (χ2n) is 5.43. The molecule has 112 valence electrons. The Labute approximate surface area is 123 Å². The molecule has 0 spiro atoms. The lowest BCUT2D eigenvalue weighted by atomic mass is 10.1. The van der Waals surface area contributed by atoms with Gasteiger partial charge in [0.1, 0.15) is 0 Å². The number of carbonyl (C=O) groups excluding carboxylic acids is 1. The van der Waals surface area contributed by atoms with E-state index in [9.17, 15) is 13.6 Å². The maximum atomic E-state index is 13.1. The van der Waals surface area contributed by atoms with Gasteiger partial charge in [0.25, 0.3) is 5.92 Å². The molecule has 0 aromatic heterocycles. The van der Waals surface area contributed by atoms with Gasteiger partial charge >= 0.3 is 0 Å². The average Bonchev–Trinajstić information content (AvgIpc) is 2.69. The summed E-state index contributed by atoms with van der Waals surface area (Å²) < 4.78 is 26.2. The van der Waals surface area contributed by atoms with Crippen LogP contribution >= 0.6 is 24.2 Å². The number of halogens is 3. The van der Waals surface area contributed by atoms with E-state index >= 15 is 0 Å². The Balaban J connectivity index is 0.00000180. The van der Waals surface area contributed by atoms with Crippen LogP contribution in [0.1, 0.15) is 20.3 Å². The Morgan fingerprint density at radius 3 is 2.68 bits per heavy atom. The Morgan fingerprint density at radius 1 is 1.47 bits per heavy atom. The van der Waals surface area contributed by atoms with Crippen molar-refractivity contribution in [2.75, 3.05) is 25.4 Å². The average molecular weight is 315 g/mol. The molecule has 0 radical (unpaired) electrons. The van der Waals surface area contributed by atoms with E-state index in [4.69, 9.17) is 0 Å². The molecule has 19 heavy (non-hydrogen) atoms. The molecule has 0 saturated carbocycles. The van der Waals surface area contributed by atoms with Crippen molar-refractivity contribution in [2.24, 2.45) is 5.92 Å². The van der Waals surface area contributed by atoms with E-state index < -0.39 is 12.0 Å². The van der Waals surface area contributed by atoms with Crippen molar-refractivity contribution in [2.45, 2.75) is 37.5 Å². The van der Waals surface area contributed by atoms with Gasteiger partial charge in [0.2, 0.25) is 5.91 Å². The van der Waals surface area contributed by atoms with Crippen LogP contribution in [0.3, 0.4) is 0 Å². The summed E-state index contributed by atoms with van der Waals surface area (Å²) >= 11 is 1.87. The van der Waals surface area contributed by atoms with Crippen LogP contribution in [0.15, 0.2) is 0 Å². The highest BCUT2D eigenvalue weighted by Crippen LogP contribution is 2.29. The Bertz CT molecular complexity index is 331. The SMILES string of the molecule is CC(C)C1CN(C(=O)C2CC(F)(F)CN2)CCS1.Cl. The fraction of sp³-hybridized carbons (Fsp3) is 0.917. The molecule has 2 aliphatic rings. The summed E-state index contributed by atoms with van der Waals surface area (Å²) in [7, 11) is 0. The minimum Gasteiger partial charge on any atom is -0.339 e. The number of thioether (sulfide) groups is 1. The zero-order valence-electron chi connectivity index (χ0n) is 11.2. The summed E-state index contributed by atoms with van der Waals surface area (Å²) in [6.45, 7) is 5.25. The monoisotopic (exact) mass is 314 g/mol. The van der Waals surface area contributed by atoms with Crippen molar-refractivity contribution in [3.63, 3.8) is 0 Å². The molecule has 7 heteroatoms. The Hall–Kier alpha value is -0.0700. The molecular weight excluding hydrogens is 294 g/mol. The lowest BCUT2D eigenvalue weighted by molar-refractivity contribution is -0.133. The highest BCUT2D eigenvalue weighted by atomic mass is 35.5. The Kier molecular flexibility index (Phi) is 5.89. The van der Waals surface area contributed by atoms with Gasteiger partial charge in [0.05, 0.1) is 12.6 Å². The largest absolute Gasteiger partial charge is 0.339 e. The maximum absolute atomic E-state index is 13.1. The van der Waals surface area contributed by atoms with Gasteiger partial charge in [-0.05, 0) is 5.92 Å². The lowest BCUT2D eigenvalue weighted by Gasteiger charge is -2.35. The summed E-state index contributed by atoms with van der Waals surface area (Å²) in [5.41, 5.74) is 0. The third-order valence-corrected chi connectivity index (χ3v) is 5.10. The third kappa shape index (κ3) is 4.20. The fourth-order valence-corrected chi connectivity index (χ4v) is 3.69. The van der Waals surface area contributed by atoms with Crippen LogP contribution in [-0.4, -0.2) is 53.4 Å². The molecule has 2 saturated heterocycles. The second kappa shape index (κ2) is 6.59. The molecule has 0 bridgehead atoms. The molecule has 2 rings (SSSR count). The molecule has 3 nitrogen and oxygen atoms in total. The zero-order valence-corrected chi connectivity index (χ0v) is 12.8. The van der Waals surface area contributed by atoms with Gasteiger partial charge in [-0.2, -0.15) is 11.8 Å². The predicted octanol–water partition coefficient (Wildman–Crippen LogP) is 2.01.